The number of rotatable bonds is 2. The molecule has 18 heavy (non-hydrogen) atoms. The lowest BCUT2D eigenvalue weighted by atomic mass is 10.2. The van der Waals surface area contributed by atoms with E-state index in [1.807, 2.05) is 6.92 Å². The molecule has 0 atom stereocenters. The highest BCUT2D eigenvalue weighted by Gasteiger charge is 2.11. The standard InChI is InChI=1S/C12H11BrClN3O/c1-2-8-10(13)11(15)17-12(16-8)6-3-4-9(18)7(14)5-6/h3-5,18H,2H2,1H3,(H2,15,16,17). The molecule has 3 N–H and O–H groups in total. The zero-order valence-electron chi connectivity index (χ0n) is 9.61. The second-order valence-corrected chi connectivity index (χ2v) is 4.91. The number of hydrogen-bond acceptors (Lipinski definition) is 4. The summed E-state index contributed by atoms with van der Waals surface area (Å²) in [6, 6.07) is 4.81. The lowest BCUT2D eigenvalue weighted by Crippen LogP contribution is -2.02. The van der Waals surface area contributed by atoms with E-state index in [2.05, 4.69) is 25.9 Å². The second-order valence-electron chi connectivity index (χ2n) is 3.71. The van der Waals surface area contributed by atoms with Crippen molar-refractivity contribution in [3.63, 3.8) is 0 Å². The van der Waals surface area contributed by atoms with Crippen LogP contribution < -0.4 is 5.73 Å². The van der Waals surface area contributed by atoms with E-state index in [9.17, 15) is 5.11 Å². The summed E-state index contributed by atoms with van der Waals surface area (Å²) in [5.41, 5.74) is 7.37. The van der Waals surface area contributed by atoms with Crippen molar-refractivity contribution in [3.8, 4) is 17.1 Å². The first kappa shape index (κ1) is 13.1. The lowest BCUT2D eigenvalue weighted by Gasteiger charge is -2.08. The zero-order valence-corrected chi connectivity index (χ0v) is 12.0. The Kier molecular flexibility index (Phi) is 3.73. The molecule has 0 spiro atoms. The fourth-order valence-electron chi connectivity index (χ4n) is 1.52. The first-order chi connectivity index (χ1) is 8.52. The number of aromatic hydroxyl groups is 1. The number of hydrogen-bond donors (Lipinski definition) is 2. The molecule has 0 radical (unpaired) electrons. The number of aromatic nitrogens is 2. The molecule has 0 amide bonds. The van der Waals surface area contributed by atoms with Crippen molar-refractivity contribution >= 4 is 33.3 Å². The molecule has 2 aromatic rings. The summed E-state index contributed by atoms with van der Waals surface area (Å²) in [5, 5.41) is 9.64. The highest BCUT2D eigenvalue weighted by Crippen LogP contribution is 2.30. The van der Waals surface area contributed by atoms with Crippen LogP contribution in [0.5, 0.6) is 5.75 Å². The predicted octanol–water partition coefficient (Wildman–Crippen LogP) is 3.41. The van der Waals surface area contributed by atoms with E-state index in [1.54, 1.807) is 12.1 Å². The molecule has 94 valence electrons. The van der Waals surface area contributed by atoms with Crippen molar-refractivity contribution in [2.24, 2.45) is 0 Å². The van der Waals surface area contributed by atoms with Crippen LogP contribution in [-0.4, -0.2) is 15.1 Å². The molecule has 6 heteroatoms. The van der Waals surface area contributed by atoms with Gasteiger partial charge in [-0.2, -0.15) is 0 Å². The summed E-state index contributed by atoms with van der Waals surface area (Å²) in [4.78, 5) is 8.62. The normalized spacial score (nSPS) is 10.6. The minimum atomic E-state index is 0.0289. The van der Waals surface area contributed by atoms with Crippen LogP contribution in [0, 0.1) is 0 Å². The van der Waals surface area contributed by atoms with Gasteiger partial charge in [-0.15, -0.1) is 0 Å². The summed E-state index contributed by atoms with van der Waals surface area (Å²) >= 11 is 9.22. The van der Waals surface area contributed by atoms with Crippen LogP contribution in [0.3, 0.4) is 0 Å². The minimum absolute atomic E-state index is 0.0289. The van der Waals surface area contributed by atoms with E-state index in [4.69, 9.17) is 17.3 Å². The van der Waals surface area contributed by atoms with Gasteiger partial charge in [0.2, 0.25) is 0 Å². The second kappa shape index (κ2) is 5.12. The van der Waals surface area contributed by atoms with E-state index in [0.29, 0.717) is 17.2 Å². The minimum Gasteiger partial charge on any atom is -0.506 e. The predicted molar refractivity (Wildman–Crippen MR) is 75.6 cm³/mol. The Morgan fingerprint density at radius 1 is 1.39 bits per heavy atom. The SMILES string of the molecule is CCc1nc(-c2ccc(O)c(Cl)c2)nc(N)c1Br. The molecule has 0 aliphatic heterocycles. The maximum absolute atomic E-state index is 9.39. The van der Waals surface area contributed by atoms with Gasteiger partial charge >= 0.3 is 0 Å². The van der Waals surface area contributed by atoms with E-state index in [0.717, 1.165) is 16.6 Å². The van der Waals surface area contributed by atoms with Crippen LogP contribution in [0.15, 0.2) is 22.7 Å². The first-order valence-corrected chi connectivity index (χ1v) is 6.50. The van der Waals surface area contributed by atoms with Crippen molar-refractivity contribution in [1.82, 2.24) is 9.97 Å². The zero-order chi connectivity index (χ0) is 13.3. The largest absolute Gasteiger partial charge is 0.506 e. The van der Waals surface area contributed by atoms with E-state index < -0.39 is 0 Å². The Morgan fingerprint density at radius 3 is 2.72 bits per heavy atom. The number of aryl methyl sites for hydroxylation is 1. The number of phenols is 1. The molecule has 0 saturated carbocycles. The average Bonchev–Trinajstić information content (AvgIpc) is 2.36. The van der Waals surface area contributed by atoms with Crippen LogP contribution in [0.1, 0.15) is 12.6 Å². The van der Waals surface area contributed by atoms with Crippen LogP contribution >= 0.6 is 27.5 Å². The van der Waals surface area contributed by atoms with Crippen molar-refractivity contribution in [3.05, 3.63) is 33.4 Å². The van der Waals surface area contributed by atoms with Gasteiger partial charge in [-0.25, -0.2) is 9.97 Å². The third-order valence-corrected chi connectivity index (χ3v) is 3.65. The Bertz CT molecular complexity index is 604. The number of phenolic OH excluding ortho intramolecular Hbond substituents is 1. The third kappa shape index (κ3) is 2.42. The molecular weight excluding hydrogens is 318 g/mol. The van der Waals surface area contributed by atoms with Crippen molar-refractivity contribution < 1.29 is 5.11 Å². The Labute approximate surface area is 118 Å². The molecule has 0 aliphatic carbocycles. The Balaban J connectivity index is 2.57. The Morgan fingerprint density at radius 2 is 2.11 bits per heavy atom. The van der Waals surface area contributed by atoms with Crippen LogP contribution in [0.2, 0.25) is 5.02 Å². The molecule has 0 bridgehead atoms. The third-order valence-electron chi connectivity index (χ3n) is 2.49. The number of nitrogens with two attached hydrogens (primary N) is 1. The van der Waals surface area contributed by atoms with Gasteiger partial charge in [-0.05, 0) is 40.5 Å². The summed E-state index contributed by atoms with van der Waals surface area (Å²) in [6.07, 6.45) is 0.742. The van der Waals surface area contributed by atoms with Gasteiger partial charge in [0, 0.05) is 5.56 Å². The first-order valence-electron chi connectivity index (χ1n) is 5.33. The van der Waals surface area contributed by atoms with Gasteiger partial charge in [-0.1, -0.05) is 18.5 Å². The van der Waals surface area contributed by atoms with Gasteiger partial charge in [0.1, 0.15) is 11.6 Å². The van der Waals surface area contributed by atoms with Crippen LogP contribution in [0.25, 0.3) is 11.4 Å². The smallest absolute Gasteiger partial charge is 0.161 e. The molecule has 1 heterocycles. The molecule has 0 aliphatic rings. The molecule has 2 rings (SSSR count). The number of nitrogen functional groups attached to an aromatic ring is 1. The molecular formula is C12H11BrClN3O. The highest BCUT2D eigenvalue weighted by molar-refractivity contribution is 9.10. The summed E-state index contributed by atoms with van der Waals surface area (Å²) in [6.45, 7) is 1.99. The molecule has 4 nitrogen and oxygen atoms in total. The Hall–Kier alpha value is -1.33. The van der Waals surface area contributed by atoms with Gasteiger partial charge in [0.25, 0.3) is 0 Å². The van der Waals surface area contributed by atoms with Gasteiger partial charge in [0.05, 0.1) is 15.2 Å². The molecule has 0 fully saturated rings. The van der Waals surface area contributed by atoms with Crippen LogP contribution in [-0.2, 0) is 6.42 Å². The number of benzene rings is 1. The quantitative estimate of drug-likeness (QED) is 0.886. The van der Waals surface area contributed by atoms with E-state index in [-0.39, 0.29) is 10.8 Å². The maximum Gasteiger partial charge on any atom is 0.161 e. The number of anilines is 1. The fraction of sp³-hybridized carbons (Fsp3) is 0.167. The summed E-state index contributed by atoms with van der Waals surface area (Å²) < 4.78 is 0.721. The molecule has 1 aromatic heterocycles. The van der Waals surface area contributed by atoms with Gasteiger partial charge in [-0.3, -0.25) is 0 Å². The summed E-state index contributed by atoms with van der Waals surface area (Å²) in [7, 11) is 0. The van der Waals surface area contributed by atoms with Gasteiger partial charge < -0.3 is 10.8 Å². The van der Waals surface area contributed by atoms with Gasteiger partial charge in [0.15, 0.2) is 5.82 Å². The lowest BCUT2D eigenvalue weighted by molar-refractivity contribution is 0.475. The number of nitrogens with zero attached hydrogens (tertiary/aromatic N) is 2. The average molecular weight is 329 g/mol. The summed E-state index contributed by atoms with van der Waals surface area (Å²) in [5.74, 6) is 0.914. The molecule has 0 unspecified atom stereocenters. The maximum atomic E-state index is 9.39. The van der Waals surface area contributed by atoms with Crippen LogP contribution in [0.4, 0.5) is 5.82 Å². The fourth-order valence-corrected chi connectivity index (χ4v) is 2.16. The number of halogens is 2. The van der Waals surface area contributed by atoms with Crippen molar-refractivity contribution in [1.29, 1.82) is 0 Å². The highest BCUT2D eigenvalue weighted by atomic mass is 79.9. The molecule has 0 saturated heterocycles. The van der Waals surface area contributed by atoms with Crippen molar-refractivity contribution in [2.45, 2.75) is 13.3 Å². The topological polar surface area (TPSA) is 72.0 Å². The van der Waals surface area contributed by atoms with E-state index >= 15 is 0 Å². The molecule has 1 aromatic carbocycles. The monoisotopic (exact) mass is 327 g/mol. The van der Waals surface area contributed by atoms with E-state index in [1.165, 1.54) is 6.07 Å². The van der Waals surface area contributed by atoms with Crippen molar-refractivity contribution in [2.75, 3.05) is 5.73 Å².